The minimum atomic E-state index is -0.459. The quantitative estimate of drug-likeness (QED) is 0.521. The van der Waals surface area contributed by atoms with E-state index in [0.29, 0.717) is 17.2 Å². The Balaban J connectivity index is 1.78. The first-order chi connectivity index (χ1) is 15.6. The van der Waals surface area contributed by atoms with E-state index in [4.69, 9.17) is 4.74 Å². The van der Waals surface area contributed by atoms with Gasteiger partial charge in [0.05, 0.1) is 11.5 Å². The summed E-state index contributed by atoms with van der Waals surface area (Å²) >= 11 is 0.854. The summed E-state index contributed by atoms with van der Waals surface area (Å²) in [7, 11) is 0. The molecule has 6 nitrogen and oxygen atoms in total. The van der Waals surface area contributed by atoms with E-state index in [1.165, 1.54) is 0 Å². The van der Waals surface area contributed by atoms with Gasteiger partial charge in [-0.1, -0.05) is 19.9 Å². The number of nitrogens with one attached hydrogen (secondary N) is 1. The second kappa shape index (κ2) is 10.3. The molecule has 1 fully saturated rings. The maximum Gasteiger partial charge on any atom is 0.294 e. The standard InChI is InChI=1S/C26H30N2O4S/c1-7-32-22-11-18(6)19(12-21(22)15(2)3)13-23-25(30)28(26(31)33-23)14-24(29)27-20-9-8-16(4)17(5)10-20/h8-13,15H,7,14H2,1-6H3,(H,27,29)/b23-13-. The van der Waals surface area contributed by atoms with Crippen molar-refractivity contribution >= 4 is 40.6 Å². The molecule has 1 saturated heterocycles. The van der Waals surface area contributed by atoms with E-state index >= 15 is 0 Å². The highest BCUT2D eigenvalue weighted by atomic mass is 32.2. The normalized spacial score (nSPS) is 15.0. The molecular weight excluding hydrogens is 436 g/mol. The number of imide groups is 1. The van der Waals surface area contributed by atoms with Gasteiger partial charge < -0.3 is 10.1 Å². The highest BCUT2D eigenvalue weighted by Gasteiger charge is 2.36. The molecular formula is C26H30N2O4S. The van der Waals surface area contributed by atoms with Gasteiger partial charge in [0.2, 0.25) is 5.91 Å². The fourth-order valence-electron chi connectivity index (χ4n) is 3.54. The average Bonchev–Trinajstić information content (AvgIpc) is 3.00. The number of carbonyl (C=O) groups excluding carboxylic acids is 3. The van der Waals surface area contributed by atoms with Crippen molar-refractivity contribution in [2.24, 2.45) is 0 Å². The SMILES string of the molecule is CCOc1cc(C)c(/C=C2\SC(=O)N(CC(=O)Nc3ccc(C)c(C)c3)C2=O)cc1C(C)C. The summed E-state index contributed by atoms with van der Waals surface area (Å²) < 4.78 is 5.77. The lowest BCUT2D eigenvalue weighted by molar-refractivity contribution is -0.127. The van der Waals surface area contributed by atoms with Gasteiger partial charge in [0, 0.05) is 5.69 Å². The third kappa shape index (κ3) is 5.66. The predicted molar refractivity (Wildman–Crippen MR) is 134 cm³/mol. The van der Waals surface area contributed by atoms with Crippen LogP contribution in [0.3, 0.4) is 0 Å². The van der Waals surface area contributed by atoms with Crippen LogP contribution in [0.25, 0.3) is 6.08 Å². The first kappa shape index (κ1) is 24.6. The second-order valence-corrected chi connectivity index (χ2v) is 9.44. The number of ether oxygens (including phenoxy) is 1. The van der Waals surface area contributed by atoms with Crippen LogP contribution in [-0.2, 0) is 9.59 Å². The van der Waals surface area contributed by atoms with E-state index in [-0.39, 0.29) is 12.5 Å². The van der Waals surface area contributed by atoms with E-state index < -0.39 is 17.1 Å². The smallest absolute Gasteiger partial charge is 0.294 e. The Labute approximate surface area is 199 Å². The molecule has 3 amide bonds. The number of rotatable bonds is 7. The predicted octanol–water partition coefficient (Wildman–Crippen LogP) is 5.81. The van der Waals surface area contributed by atoms with Crippen molar-refractivity contribution in [1.82, 2.24) is 4.90 Å². The lowest BCUT2D eigenvalue weighted by Crippen LogP contribution is -2.36. The molecule has 0 radical (unpaired) electrons. The monoisotopic (exact) mass is 466 g/mol. The molecule has 0 atom stereocenters. The van der Waals surface area contributed by atoms with Gasteiger partial charge in [-0.2, -0.15) is 0 Å². The maximum absolute atomic E-state index is 12.9. The molecule has 0 unspecified atom stereocenters. The van der Waals surface area contributed by atoms with Gasteiger partial charge in [0.25, 0.3) is 11.1 Å². The van der Waals surface area contributed by atoms with E-state index in [1.807, 2.05) is 52.0 Å². The molecule has 0 saturated carbocycles. The van der Waals surface area contributed by atoms with Crippen LogP contribution in [0.4, 0.5) is 10.5 Å². The molecule has 174 valence electrons. The van der Waals surface area contributed by atoms with E-state index in [2.05, 4.69) is 19.2 Å². The Morgan fingerprint density at radius 1 is 1.09 bits per heavy atom. The van der Waals surface area contributed by atoms with Gasteiger partial charge in [-0.05, 0) is 104 Å². The summed E-state index contributed by atoms with van der Waals surface area (Å²) in [6, 6.07) is 9.55. The largest absolute Gasteiger partial charge is 0.494 e. The Bertz CT molecular complexity index is 1140. The fourth-order valence-corrected chi connectivity index (χ4v) is 4.37. The van der Waals surface area contributed by atoms with Crippen molar-refractivity contribution in [1.29, 1.82) is 0 Å². The number of aryl methyl sites for hydroxylation is 3. The molecule has 1 heterocycles. The number of nitrogens with zero attached hydrogens (tertiary/aromatic N) is 1. The van der Waals surface area contributed by atoms with Gasteiger partial charge in [-0.25, -0.2) is 0 Å². The Morgan fingerprint density at radius 2 is 1.82 bits per heavy atom. The molecule has 0 spiro atoms. The first-order valence-corrected chi connectivity index (χ1v) is 11.8. The number of carbonyl (C=O) groups is 3. The third-order valence-corrected chi connectivity index (χ3v) is 6.48. The lowest BCUT2D eigenvalue weighted by Gasteiger charge is -2.16. The third-order valence-electron chi connectivity index (χ3n) is 5.57. The Morgan fingerprint density at radius 3 is 2.45 bits per heavy atom. The Kier molecular flexibility index (Phi) is 7.64. The molecule has 1 aliphatic heterocycles. The minimum absolute atomic E-state index is 0.239. The van der Waals surface area contributed by atoms with E-state index in [0.717, 1.165) is 50.2 Å². The topological polar surface area (TPSA) is 75.7 Å². The highest BCUT2D eigenvalue weighted by molar-refractivity contribution is 8.18. The van der Waals surface area contributed by atoms with Crippen molar-refractivity contribution < 1.29 is 19.1 Å². The van der Waals surface area contributed by atoms with Crippen LogP contribution in [0, 0.1) is 20.8 Å². The number of hydrogen-bond donors (Lipinski definition) is 1. The van der Waals surface area contributed by atoms with E-state index in [1.54, 1.807) is 12.1 Å². The van der Waals surface area contributed by atoms with Gasteiger partial charge in [0.1, 0.15) is 12.3 Å². The number of anilines is 1. The summed E-state index contributed by atoms with van der Waals surface area (Å²) in [5.74, 6) is 0.197. The highest BCUT2D eigenvalue weighted by Crippen LogP contribution is 2.35. The molecule has 2 aromatic carbocycles. The van der Waals surface area contributed by atoms with Crippen molar-refractivity contribution in [2.75, 3.05) is 18.5 Å². The first-order valence-electron chi connectivity index (χ1n) is 11.0. The van der Waals surface area contributed by atoms with Crippen molar-refractivity contribution in [2.45, 2.75) is 47.5 Å². The van der Waals surface area contributed by atoms with Gasteiger partial charge in [-0.15, -0.1) is 0 Å². The fraction of sp³-hybridized carbons (Fsp3) is 0.346. The molecule has 2 aromatic rings. The number of hydrogen-bond acceptors (Lipinski definition) is 5. The van der Waals surface area contributed by atoms with Gasteiger partial charge in [0.15, 0.2) is 0 Å². The second-order valence-electron chi connectivity index (χ2n) is 8.45. The van der Waals surface area contributed by atoms with Crippen molar-refractivity contribution in [3.8, 4) is 5.75 Å². The van der Waals surface area contributed by atoms with Crippen LogP contribution in [0.2, 0.25) is 0 Å². The van der Waals surface area contributed by atoms with E-state index in [9.17, 15) is 14.4 Å². The molecule has 1 N–H and O–H groups in total. The average molecular weight is 467 g/mol. The zero-order chi connectivity index (χ0) is 24.3. The van der Waals surface area contributed by atoms with Gasteiger partial charge >= 0.3 is 0 Å². The summed E-state index contributed by atoms with van der Waals surface area (Å²) in [6.45, 7) is 12.2. The van der Waals surface area contributed by atoms with Crippen LogP contribution in [0.5, 0.6) is 5.75 Å². The molecule has 0 bridgehead atoms. The molecule has 7 heteroatoms. The Hall–Kier alpha value is -3.06. The van der Waals surface area contributed by atoms with Crippen LogP contribution >= 0.6 is 11.8 Å². The minimum Gasteiger partial charge on any atom is -0.494 e. The van der Waals surface area contributed by atoms with Crippen LogP contribution < -0.4 is 10.1 Å². The van der Waals surface area contributed by atoms with Crippen LogP contribution in [0.1, 0.15) is 54.5 Å². The van der Waals surface area contributed by atoms with Gasteiger partial charge in [-0.3, -0.25) is 19.3 Å². The van der Waals surface area contributed by atoms with Crippen LogP contribution in [0.15, 0.2) is 35.2 Å². The number of amides is 3. The van der Waals surface area contributed by atoms with Crippen molar-refractivity contribution in [3.63, 3.8) is 0 Å². The molecule has 0 aromatic heterocycles. The summed E-state index contributed by atoms with van der Waals surface area (Å²) in [6.07, 6.45) is 1.73. The van der Waals surface area contributed by atoms with Crippen molar-refractivity contribution in [3.05, 3.63) is 63.1 Å². The molecule has 1 aliphatic rings. The maximum atomic E-state index is 12.9. The lowest BCUT2D eigenvalue weighted by atomic mass is 9.96. The molecule has 0 aliphatic carbocycles. The molecule has 3 rings (SSSR count). The number of thioether (sulfide) groups is 1. The number of benzene rings is 2. The summed E-state index contributed by atoms with van der Waals surface area (Å²) in [5, 5.41) is 2.31. The zero-order valence-corrected chi connectivity index (χ0v) is 20.8. The summed E-state index contributed by atoms with van der Waals surface area (Å²) in [4.78, 5) is 39.2. The molecule has 33 heavy (non-hydrogen) atoms. The zero-order valence-electron chi connectivity index (χ0n) is 19.9. The van der Waals surface area contributed by atoms with Crippen LogP contribution in [-0.4, -0.2) is 35.1 Å². The summed E-state index contributed by atoms with van der Waals surface area (Å²) in [5.41, 5.74) is 5.65.